The van der Waals surface area contributed by atoms with Crippen LogP contribution in [0.4, 0.5) is 10.5 Å². The highest BCUT2D eigenvalue weighted by Gasteiger charge is 2.29. The fraction of sp³-hybridized carbons (Fsp3) is 0.308. The average Bonchev–Trinajstić information content (AvgIpc) is 2.88. The number of hydrogen-bond acceptors (Lipinski definition) is 4. The maximum absolute atomic E-state index is 12.0. The fourth-order valence-corrected chi connectivity index (χ4v) is 2.17. The van der Waals surface area contributed by atoms with Crippen molar-refractivity contribution in [3.05, 3.63) is 23.8 Å². The van der Waals surface area contributed by atoms with Gasteiger partial charge in [-0.05, 0) is 18.6 Å². The van der Waals surface area contributed by atoms with Crippen LogP contribution in [0.3, 0.4) is 0 Å². The van der Waals surface area contributed by atoms with Crippen molar-refractivity contribution in [2.75, 3.05) is 18.4 Å². The predicted molar refractivity (Wildman–Crippen MR) is 73.0 cm³/mol. The Kier molecular flexibility index (Phi) is 3.97. The molecule has 1 saturated heterocycles. The zero-order valence-electron chi connectivity index (χ0n) is 11.1. The summed E-state index contributed by atoms with van der Waals surface area (Å²) in [5.41, 5.74) is 5.21. The summed E-state index contributed by atoms with van der Waals surface area (Å²) in [5, 5.41) is 20.9. The molecule has 5 N–H and O–H groups in total. The number of nitrogens with zero attached hydrogens (tertiary/aromatic N) is 1. The van der Waals surface area contributed by atoms with Crippen molar-refractivity contribution >= 4 is 23.6 Å². The van der Waals surface area contributed by atoms with E-state index in [-0.39, 0.29) is 23.7 Å². The lowest BCUT2D eigenvalue weighted by molar-refractivity contribution is -0.121. The number of carbonyl (C=O) groups is 3. The summed E-state index contributed by atoms with van der Waals surface area (Å²) in [4.78, 5) is 35.2. The summed E-state index contributed by atoms with van der Waals surface area (Å²) in [6, 6.07) is 3.30. The maximum atomic E-state index is 12.0. The molecule has 1 aromatic rings. The molecule has 1 aromatic carbocycles. The summed E-state index contributed by atoms with van der Waals surface area (Å²) in [7, 11) is 0. The van der Waals surface area contributed by atoms with Crippen LogP contribution in [0.25, 0.3) is 0 Å². The van der Waals surface area contributed by atoms with Crippen LogP contribution >= 0.6 is 0 Å². The van der Waals surface area contributed by atoms with Gasteiger partial charge in [-0.1, -0.05) is 0 Å². The second-order valence-electron chi connectivity index (χ2n) is 4.80. The molecule has 1 aliphatic rings. The smallest absolute Gasteiger partial charge is 0.339 e. The van der Waals surface area contributed by atoms with Crippen molar-refractivity contribution in [1.82, 2.24) is 4.90 Å². The van der Waals surface area contributed by atoms with Crippen molar-refractivity contribution in [2.45, 2.75) is 6.42 Å². The maximum Gasteiger partial charge on any atom is 0.339 e. The van der Waals surface area contributed by atoms with Gasteiger partial charge in [0.25, 0.3) is 0 Å². The first kappa shape index (κ1) is 14.6. The summed E-state index contributed by atoms with van der Waals surface area (Å²) in [6.07, 6.45) is 0.520. The minimum Gasteiger partial charge on any atom is -0.507 e. The van der Waals surface area contributed by atoms with E-state index in [1.807, 2.05) is 0 Å². The SMILES string of the molecule is NC(=O)C1CCN(C(=O)Nc2ccc(C(=O)O)c(O)c2)C1. The number of anilines is 1. The number of nitrogens with one attached hydrogen (secondary N) is 1. The number of aromatic hydroxyl groups is 1. The van der Waals surface area contributed by atoms with Crippen LogP contribution in [0.1, 0.15) is 16.8 Å². The summed E-state index contributed by atoms with van der Waals surface area (Å²) < 4.78 is 0. The Morgan fingerprint density at radius 1 is 1.33 bits per heavy atom. The number of likely N-dealkylation sites (tertiary alicyclic amines) is 1. The molecular weight excluding hydrogens is 278 g/mol. The first-order chi connectivity index (χ1) is 9.88. The number of rotatable bonds is 3. The van der Waals surface area contributed by atoms with Crippen LogP contribution in [0.2, 0.25) is 0 Å². The van der Waals surface area contributed by atoms with Gasteiger partial charge >= 0.3 is 12.0 Å². The second-order valence-corrected chi connectivity index (χ2v) is 4.80. The van der Waals surface area contributed by atoms with Crippen LogP contribution in [0, 0.1) is 5.92 Å². The molecule has 8 heteroatoms. The van der Waals surface area contributed by atoms with Gasteiger partial charge in [0.2, 0.25) is 5.91 Å². The Balaban J connectivity index is 2.02. The molecule has 0 aliphatic carbocycles. The van der Waals surface area contributed by atoms with E-state index in [0.29, 0.717) is 13.0 Å². The van der Waals surface area contributed by atoms with Crippen molar-refractivity contribution in [2.24, 2.45) is 11.7 Å². The Bertz CT molecular complexity index is 601. The van der Waals surface area contributed by atoms with Crippen LogP contribution in [0.5, 0.6) is 5.75 Å². The molecule has 1 fully saturated rings. The zero-order chi connectivity index (χ0) is 15.6. The molecule has 0 bridgehead atoms. The number of nitrogens with two attached hydrogens (primary N) is 1. The summed E-state index contributed by atoms with van der Waals surface area (Å²) in [6.45, 7) is 0.666. The van der Waals surface area contributed by atoms with Crippen molar-refractivity contribution in [3.8, 4) is 5.75 Å². The standard InChI is InChI=1S/C13H15N3O5/c14-11(18)7-3-4-16(6-7)13(21)15-8-1-2-9(12(19)20)10(17)5-8/h1-2,5,7,17H,3-4,6H2,(H2,14,18)(H,15,21)(H,19,20). The first-order valence-electron chi connectivity index (χ1n) is 6.30. The Hall–Kier alpha value is -2.77. The molecule has 0 radical (unpaired) electrons. The zero-order valence-corrected chi connectivity index (χ0v) is 11.1. The molecule has 2 rings (SSSR count). The quantitative estimate of drug-likeness (QED) is 0.641. The number of carbonyl (C=O) groups excluding carboxylic acids is 2. The van der Waals surface area contributed by atoms with Gasteiger partial charge in [0.15, 0.2) is 0 Å². The number of aromatic carboxylic acids is 1. The molecule has 0 saturated carbocycles. The van der Waals surface area contributed by atoms with E-state index in [0.717, 1.165) is 6.07 Å². The molecule has 1 atom stereocenters. The molecule has 112 valence electrons. The Morgan fingerprint density at radius 3 is 2.57 bits per heavy atom. The van der Waals surface area contributed by atoms with Gasteiger partial charge < -0.3 is 26.2 Å². The first-order valence-corrected chi connectivity index (χ1v) is 6.30. The summed E-state index contributed by atoms with van der Waals surface area (Å²) in [5.74, 6) is -2.47. The van der Waals surface area contributed by atoms with Gasteiger partial charge in [-0.3, -0.25) is 4.79 Å². The molecule has 1 unspecified atom stereocenters. The lowest BCUT2D eigenvalue weighted by Crippen LogP contribution is -2.34. The van der Waals surface area contributed by atoms with Crippen LogP contribution in [0.15, 0.2) is 18.2 Å². The van der Waals surface area contributed by atoms with Gasteiger partial charge in [0.1, 0.15) is 11.3 Å². The minimum atomic E-state index is -1.26. The molecule has 1 heterocycles. The van der Waals surface area contributed by atoms with E-state index in [9.17, 15) is 19.5 Å². The van der Waals surface area contributed by atoms with E-state index in [1.54, 1.807) is 0 Å². The molecule has 8 nitrogen and oxygen atoms in total. The molecule has 3 amide bonds. The van der Waals surface area contributed by atoms with Gasteiger partial charge in [-0.15, -0.1) is 0 Å². The highest BCUT2D eigenvalue weighted by Crippen LogP contribution is 2.23. The summed E-state index contributed by atoms with van der Waals surface area (Å²) >= 11 is 0. The Labute approximate surface area is 120 Å². The van der Waals surface area contributed by atoms with Crippen molar-refractivity contribution in [3.63, 3.8) is 0 Å². The molecular formula is C13H15N3O5. The van der Waals surface area contributed by atoms with Crippen molar-refractivity contribution < 1.29 is 24.6 Å². The molecule has 0 aromatic heterocycles. The van der Waals surface area contributed by atoms with Crippen LogP contribution < -0.4 is 11.1 Å². The molecule has 1 aliphatic heterocycles. The van der Waals surface area contributed by atoms with Gasteiger partial charge in [-0.2, -0.15) is 0 Å². The van der Waals surface area contributed by atoms with Crippen LogP contribution in [-0.4, -0.2) is 46.1 Å². The van der Waals surface area contributed by atoms with E-state index in [4.69, 9.17) is 10.8 Å². The van der Waals surface area contributed by atoms with Gasteiger partial charge in [0, 0.05) is 24.8 Å². The van der Waals surface area contributed by atoms with E-state index in [2.05, 4.69) is 5.32 Å². The predicted octanol–water partition coefficient (Wildman–Crippen LogP) is 0.429. The number of amides is 3. The number of carboxylic acids is 1. The van der Waals surface area contributed by atoms with Gasteiger partial charge in [-0.25, -0.2) is 9.59 Å². The van der Waals surface area contributed by atoms with Gasteiger partial charge in [0.05, 0.1) is 5.92 Å². The number of primary amides is 1. The average molecular weight is 293 g/mol. The lowest BCUT2D eigenvalue weighted by Gasteiger charge is -2.17. The monoisotopic (exact) mass is 293 g/mol. The van der Waals surface area contributed by atoms with Crippen LogP contribution in [-0.2, 0) is 4.79 Å². The highest BCUT2D eigenvalue weighted by atomic mass is 16.4. The minimum absolute atomic E-state index is 0.247. The van der Waals surface area contributed by atoms with E-state index >= 15 is 0 Å². The number of benzene rings is 1. The fourth-order valence-electron chi connectivity index (χ4n) is 2.17. The number of phenols is 1. The van der Waals surface area contributed by atoms with E-state index < -0.39 is 23.7 Å². The van der Waals surface area contributed by atoms with Crippen molar-refractivity contribution in [1.29, 1.82) is 0 Å². The third-order valence-corrected chi connectivity index (χ3v) is 3.36. The molecule has 0 spiro atoms. The highest BCUT2D eigenvalue weighted by molar-refractivity contribution is 5.94. The lowest BCUT2D eigenvalue weighted by atomic mass is 10.1. The normalized spacial score (nSPS) is 17.5. The third kappa shape index (κ3) is 3.22. The number of carboxylic acid groups (broad SMARTS) is 1. The topological polar surface area (TPSA) is 133 Å². The number of urea groups is 1. The molecule has 21 heavy (non-hydrogen) atoms. The largest absolute Gasteiger partial charge is 0.507 e. The number of hydrogen-bond donors (Lipinski definition) is 4. The second kappa shape index (κ2) is 5.70. The third-order valence-electron chi connectivity index (χ3n) is 3.36. The van der Waals surface area contributed by atoms with E-state index in [1.165, 1.54) is 17.0 Å². The Morgan fingerprint density at radius 2 is 2.05 bits per heavy atom.